The Kier molecular flexibility index (Phi) is 17.4. The van der Waals surface area contributed by atoms with E-state index in [0.717, 1.165) is 68.9 Å². The van der Waals surface area contributed by atoms with E-state index in [4.69, 9.17) is 49.9 Å². The van der Waals surface area contributed by atoms with Crippen LogP contribution in [-0.4, -0.2) is 86.4 Å². The largest absolute Gasteiger partial charge is 0.476 e. The molecule has 0 unspecified atom stereocenters. The van der Waals surface area contributed by atoms with Gasteiger partial charge in [-0.05, 0) is 142 Å². The number of fused-ring (bicyclic) bond motifs is 2. The number of nitrogens with one attached hydrogen (secondary N) is 1. The van der Waals surface area contributed by atoms with Gasteiger partial charge >= 0.3 is 5.97 Å². The van der Waals surface area contributed by atoms with Crippen LogP contribution < -0.4 is 22.5 Å². The summed E-state index contributed by atoms with van der Waals surface area (Å²) >= 11 is 12.9. The summed E-state index contributed by atoms with van der Waals surface area (Å²) in [6, 6.07) is 25.8. The number of carboxylic acids is 1. The number of rotatable bonds is 11. The topological polar surface area (TPSA) is 240 Å². The molecule has 73 heavy (non-hydrogen) atoms. The van der Waals surface area contributed by atoms with Crippen molar-refractivity contribution in [2.75, 3.05) is 51.0 Å². The Balaban J connectivity index is 0.000000170. The minimum absolute atomic E-state index is 0.00445. The highest BCUT2D eigenvalue weighted by atomic mass is 35.5. The third kappa shape index (κ3) is 13.0. The number of halogens is 4. The zero-order valence-electron chi connectivity index (χ0n) is 39.5. The van der Waals surface area contributed by atoms with Crippen molar-refractivity contribution in [2.24, 2.45) is 17.6 Å². The van der Waals surface area contributed by atoms with E-state index in [1.54, 1.807) is 48.8 Å². The molecule has 0 atom stereocenters. The summed E-state index contributed by atoms with van der Waals surface area (Å²) < 4.78 is 37.6. The zero-order chi connectivity index (χ0) is 51.4. The van der Waals surface area contributed by atoms with Gasteiger partial charge in [0.2, 0.25) is 0 Å². The van der Waals surface area contributed by atoms with Crippen LogP contribution in [0.2, 0.25) is 10.0 Å². The van der Waals surface area contributed by atoms with Crippen molar-refractivity contribution in [3.8, 4) is 45.0 Å². The first kappa shape index (κ1) is 52.1. The number of ether oxygens (including phenoxy) is 2. The predicted octanol–water partition coefficient (Wildman–Crippen LogP) is 10.5. The van der Waals surface area contributed by atoms with Gasteiger partial charge in [-0.25, -0.2) is 33.5 Å². The lowest BCUT2D eigenvalue weighted by atomic mass is 9.97. The smallest absolute Gasteiger partial charge is 0.358 e. The molecule has 2 saturated heterocycles. The number of hydrogen-bond acceptors (Lipinski definition) is 13. The fraction of sp³-hybridized carbons (Fsp3) is 0.259. The fourth-order valence-electron chi connectivity index (χ4n) is 8.59. The van der Waals surface area contributed by atoms with Crippen LogP contribution in [-0.2, 0) is 9.47 Å². The predicted molar refractivity (Wildman–Crippen MR) is 280 cm³/mol. The molecule has 6 heterocycles. The first-order valence-electron chi connectivity index (χ1n) is 23.7. The maximum atomic E-state index is 13.6. The van der Waals surface area contributed by atoms with Crippen molar-refractivity contribution in [3.63, 3.8) is 0 Å². The van der Waals surface area contributed by atoms with Gasteiger partial charge in [0, 0.05) is 78.4 Å². The van der Waals surface area contributed by atoms with Crippen LogP contribution in [0.4, 0.5) is 20.4 Å². The molecule has 15 nitrogen and oxygen atoms in total. The van der Waals surface area contributed by atoms with Crippen LogP contribution in [0.5, 0.6) is 0 Å². The Morgan fingerprint density at radius 1 is 0.603 bits per heavy atom. The van der Waals surface area contributed by atoms with Gasteiger partial charge in [-0.1, -0.05) is 35.3 Å². The average molecular weight is 1030 g/mol. The first-order chi connectivity index (χ1) is 35.4. The standard InChI is InChI=1S/C27H25ClFN5O2.C20H12ClFN4O2.C7H15NO/c28-21-15-19(14-18-2-1-10-31-22(18)21)24-23(17-3-5-20(29)6-4-17)34-26(30)25(33-24)27(35)32-11-7-16-8-12-36-13-9-16;21-14-9-12(8-11-2-1-7-24-15(11)14)17-16(10-3-5-13(22)6-4-10)26-19(23)18(25-17)20(27)28;8-4-1-7-2-5-9-6-3-7/h1-6,10,14-16H,7-9,11-13H2,(H2,30,34)(H,32,35);1-9H,(H2,23,26)(H,27,28);7H,1-6,8H2. The number of carboxylic acid groups (broad SMARTS) is 1. The fourth-order valence-corrected chi connectivity index (χ4v) is 9.14. The molecule has 2 fully saturated rings. The van der Waals surface area contributed by atoms with Gasteiger partial charge < -0.3 is 37.1 Å². The van der Waals surface area contributed by atoms with E-state index in [1.807, 2.05) is 24.3 Å². The number of nitrogens with two attached hydrogens (primary N) is 3. The quantitative estimate of drug-likeness (QED) is 0.0810. The lowest BCUT2D eigenvalue weighted by Crippen LogP contribution is -2.29. The Hall–Kier alpha value is -7.28. The van der Waals surface area contributed by atoms with E-state index in [0.29, 0.717) is 72.9 Å². The summed E-state index contributed by atoms with van der Waals surface area (Å²) in [5, 5.41) is 14.7. The van der Waals surface area contributed by atoms with Crippen molar-refractivity contribution in [2.45, 2.75) is 38.5 Å². The van der Waals surface area contributed by atoms with Crippen molar-refractivity contribution >= 4 is 68.5 Å². The number of aromatic nitrogens is 6. The molecule has 0 aliphatic carbocycles. The molecular weight excluding hydrogens is 978 g/mol. The van der Waals surface area contributed by atoms with Crippen LogP contribution >= 0.6 is 23.2 Å². The van der Waals surface area contributed by atoms with E-state index >= 15 is 0 Å². The summed E-state index contributed by atoms with van der Waals surface area (Å²) in [7, 11) is 0. The molecular formula is C54H52Cl2F2N10O5. The molecule has 19 heteroatoms. The van der Waals surface area contributed by atoms with Crippen LogP contribution in [0.1, 0.15) is 59.5 Å². The van der Waals surface area contributed by atoms with Crippen molar-refractivity contribution in [1.29, 1.82) is 0 Å². The molecule has 8 aromatic rings. The molecule has 8 N–H and O–H groups in total. The molecule has 0 radical (unpaired) electrons. The first-order valence-corrected chi connectivity index (χ1v) is 24.5. The second kappa shape index (κ2) is 24.4. The number of pyridine rings is 2. The number of carbonyl (C=O) groups excluding carboxylic acids is 1. The average Bonchev–Trinajstić information content (AvgIpc) is 3.40. The molecule has 2 aliphatic heterocycles. The molecule has 0 bridgehead atoms. The highest BCUT2D eigenvalue weighted by Crippen LogP contribution is 2.37. The lowest BCUT2D eigenvalue weighted by Gasteiger charge is -2.21. The Bertz CT molecular complexity index is 3230. The molecule has 1 amide bonds. The van der Waals surface area contributed by atoms with Gasteiger partial charge in [-0.3, -0.25) is 14.8 Å². The van der Waals surface area contributed by atoms with E-state index in [2.05, 4.69) is 35.2 Å². The lowest BCUT2D eigenvalue weighted by molar-refractivity contribution is 0.0635. The summed E-state index contributed by atoms with van der Waals surface area (Å²) in [5.41, 5.74) is 22.1. The maximum Gasteiger partial charge on any atom is 0.358 e. The summed E-state index contributed by atoms with van der Waals surface area (Å²) in [6.07, 6.45) is 9.76. The number of benzene rings is 4. The molecule has 0 saturated carbocycles. The van der Waals surface area contributed by atoms with Gasteiger partial charge in [0.05, 0.1) is 43.9 Å². The number of nitrogen functional groups attached to an aromatic ring is 2. The number of anilines is 2. The third-order valence-corrected chi connectivity index (χ3v) is 13.0. The van der Waals surface area contributed by atoms with Crippen LogP contribution in [0, 0.1) is 23.5 Å². The molecule has 376 valence electrons. The van der Waals surface area contributed by atoms with Gasteiger partial charge in [0.15, 0.2) is 23.0 Å². The molecule has 0 spiro atoms. The molecule has 2 aliphatic rings. The van der Waals surface area contributed by atoms with Crippen LogP contribution in [0.15, 0.2) is 109 Å². The number of hydrogen-bond donors (Lipinski definition) is 5. The third-order valence-electron chi connectivity index (χ3n) is 12.5. The van der Waals surface area contributed by atoms with Crippen LogP contribution in [0.25, 0.3) is 66.8 Å². The molecule has 10 rings (SSSR count). The summed E-state index contributed by atoms with van der Waals surface area (Å²) in [5.74, 6) is -1.34. The Morgan fingerprint density at radius 3 is 1.48 bits per heavy atom. The van der Waals surface area contributed by atoms with Crippen molar-refractivity contribution in [3.05, 3.63) is 143 Å². The van der Waals surface area contributed by atoms with Crippen LogP contribution in [0.3, 0.4) is 0 Å². The SMILES string of the molecule is NCCC1CCOCC1.Nc1nc(-c2ccc(F)cc2)c(-c2cc(Cl)c3ncccc3c2)nc1C(=O)NCCC1CCOCC1.Nc1nc(-c2ccc(F)cc2)c(-c2cc(Cl)c3ncccc3c2)nc1C(=O)O. The van der Waals surface area contributed by atoms with Gasteiger partial charge in [0.25, 0.3) is 5.91 Å². The maximum absolute atomic E-state index is 13.6. The monoisotopic (exact) mass is 1030 g/mol. The Labute approximate surface area is 429 Å². The van der Waals surface area contributed by atoms with Gasteiger partial charge in [0.1, 0.15) is 11.6 Å². The molecule has 4 aromatic carbocycles. The van der Waals surface area contributed by atoms with E-state index < -0.39 is 17.7 Å². The minimum Gasteiger partial charge on any atom is -0.476 e. The van der Waals surface area contributed by atoms with Gasteiger partial charge in [-0.15, -0.1) is 0 Å². The van der Waals surface area contributed by atoms with E-state index in [-0.39, 0.29) is 34.5 Å². The Morgan fingerprint density at radius 2 is 1.03 bits per heavy atom. The number of amides is 1. The second-order valence-corrected chi connectivity index (χ2v) is 18.2. The highest BCUT2D eigenvalue weighted by Gasteiger charge is 2.23. The minimum atomic E-state index is -1.30. The van der Waals surface area contributed by atoms with E-state index in [9.17, 15) is 23.5 Å². The summed E-state index contributed by atoms with van der Waals surface area (Å²) in [6.45, 7) is 4.76. The second-order valence-electron chi connectivity index (χ2n) is 17.4. The number of carbonyl (C=O) groups is 2. The normalized spacial score (nSPS) is 13.9. The highest BCUT2D eigenvalue weighted by molar-refractivity contribution is 6.36. The van der Waals surface area contributed by atoms with E-state index in [1.165, 1.54) is 55.7 Å². The van der Waals surface area contributed by atoms with Crippen molar-refractivity contribution in [1.82, 2.24) is 35.2 Å². The number of nitrogens with zero attached hydrogens (tertiary/aromatic N) is 6. The summed E-state index contributed by atoms with van der Waals surface area (Å²) in [4.78, 5) is 50.8. The number of aromatic carboxylic acids is 1. The zero-order valence-corrected chi connectivity index (χ0v) is 41.1. The van der Waals surface area contributed by atoms with Gasteiger partial charge in [-0.2, -0.15) is 0 Å². The molecule has 4 aromatic heterocycles. The van der Waals surface area contributed by atoms with Crippen molar-refractivity contribution < 1.29 is 33.0 Å².